The lowest BCUT2D eigenvalue weighted by Gasteiger charge is -2.59. The second kappa shape index (κ2) is 5.85. The molecule has 0 bridgehead atoms. The van der Waals surface area contributed by atoms with Crippen LogP contribution in [0.1, 0.15) is 58.8 Å². The van der Waals surface area contributed by atoms with Gasteiger partial charge in [0.2, 0.25) is 0 Å². The summed E-state index contributed by atoms with van der Waals surface area (Å²) < 4.78 is 0. The van der Waals surface area contributed by atoms with Crippen molar-refractivity contribution >= 4 is 0 Å². The third-order valence-electron chi connectivity index (χ3n) is 8.80. The van der Waals surface area contributed by atoms with Crippen LogP contribution < -0.4 is 22.5 Å². The van der Waals surface area contributed by atoms with Gasteiger partial charge in [0, 0.05) is 11.1 Å². The van der Waals surface area contributed by atoms with Crippen LogP contribution in [0.3, 0.4) is 0 Å². The van der Waals surface area contributed by atoms with Gasteiger partial charge in [-0.15, -0.1) is 0 Å². The molecule has 5 heteroatoms. The summed E-state index contributed by atoms with van der Waals surface area (Å²) in [5.41, 5.74) is 7.88. The smallest absolute Gasteiger partial charge is 0.110 e. The molecule has 0 spiro atoms. The van der Waals surface area contributed by atoms with Crippen molar-refractivity contribution in [1.29, 1.82) is 0 Å². The standard InChI is InChI=1S/C21H34N4O/c1-13(24-22)21(26)11-8-18-16-5-4-14-12-15(25-23)6-9-19(14,2)17(16)7-10-20(18,21)3/h6,12,16-18,24-26H,1,4-5,7-11,22-23H2,2-3H3/t16-,17+,18-,19+,20+,21-/m1/s1. The van der Waals surface area contributed by atoms with E-state index in [1.807, 2.05) is 0 Å². The van der Waals surface area contributed by atoms with Crippen LogP contribution in [0.5, 0.6) is 0 Å². The highest BCUT2D eigenvalue weighted by Crippen LogP contribution is 2.68. The SMILES string of the molecule is C=C(NN)[C@]1(O)CC[C@@H]2[C@@H]3CCC4=CC(NN)=CC[C@]4(C)[C@H]3CC[C@@]21C. The molecule has 3 fully saturated rings. The summed E-state index contributed by atoms with van der Waals surface area (Å²) in [6, 6.07) is 0. The average Bonchev–Trinajstić information content (AvgIpc) is 2.92. The Bertz CT molecular complexity index is 685. The molecule has 0 saturated heterocycles. The fourth-order valence-electron chi connectivity index (χ4n) is 7.15. The summed E-state index contributed by atoms with van der Waals surface area (Å²) >= 11 is 0. The van der Waals surface area contributed by atoms with Crippen LogP contribution in [0.25, 0.3) is 0 Å². The Morgan fingerprint density at radius 1 is 1.19 bits per heavy atom. The Balaban J connectivity index is 1.65. The van der Waals surface area contributed by atoms with E-state index in [-0.39, 0.29) is 10.8 Å². The Labute approximate surface area is 156 Å². The highest BCUT2D eigenvalue weighted by Gasteiger charge is 2.64. The van der Waals surface area contributed by atoms with E-state index in [0.29, 0.717) is 23.5 Å². The zero-order valence-electron chi connectivity index (χ0n) is 16.1. The minimum atomic E-state index is -0.891. The maximum Gasteiger partial charge on any atom is 0.110 e. The number of nitrogens with one attached hydrogen (secondary N) is 2. The van der Waals surface area contributed by atoms with Crippen LogP contribution in [0.4, 0.5) is 0 Å². The molecule has 7 N–H and O–H groups in total. The molecule has 4 rings (SSSR count). The van der Waals surface area contributed by atoms with Crippen molar-refractivity contribution in [2.45, 2.75) is 64.4 Å². The predicted octanol–water partition coefficient (Wildman–Crippen LogP) is 2.61. The topological polar surface area (TPSA) is 96.3 Å². The van der Waals surface area contributed by atoms with Gasteiger partial charge in [-0.3, -0.25) is 11.7 Å². The number of aliphatic hydroxyl groups is 1. The molecule has 4 aliphatic rings. The van der Waals surface area contributed by atoms with Gasteiger partial charge in [0.25, 0.3) is 0 Å². The third-order valence-corrected chi connectivity index (χ3v) is 8.80. The van der Waals surface area contributed by atoms with Gasteiger partial charge < -0.3 is 16.0 Å². The van der Waals surface area contributed by atoms with Crippen LogP contribution in [0, 0.1) is 28.6 Å². The van der Waals surface area contributed by atoms with Crippen molar-refractivity contribution in [3.63, 3.8) is 0 Å². The van der Waals surface area contributed by atoms with Gasteiger partial charge >= 0.3 is 0 Å². The summed E-state index contributed by atoms with van der Waals surface area (Å²) in [6.45, 7) is 8.76. The molecule has 0 aromatic carbocycles. The second-order valence-electron chi connectivity index (χ2n) is 9.49. The van der Waals surface area contributed by atoms with Crippen LogP contribution >= 0.6 is 0 Å². The summed E-state index contributed by atoms with van der Waals surface area (Å²) in [5, 5.41) is 11.5. The van der Waals surface area contributed by atoms with Crippen molar-refractivity contribution in [3.8, 4) is 0 Å². The van der Waals surface area contributed by atoms with Crippen LogP contribution in [-0.2, 0) is 0 Å². The van der Waals surface area contributed by atoms with E-state index in [4.69, 9.17) is 11.7 Å². The first-order valence-electron chi connectivity index (χ1n) is 10.1. The van der Waals surface area contributed by atoms with Crippen molar-refractivity contribution < 1.29 is 5.11 Å². The van der Waals surface area contributed by atoms with E-state index in [2.05, 4.69) is 43.4 Å². The molecule has 0 aliphatic heterocycles. The fourth-order valence-corrected chi connectivity index (χ4v) is 7.15. The molecule has 144 valence electrons. The summed E-state index contributed by atoms with van der Waals surface area (Å²) in [4.78, 5) is 0. The first kappa shape index (κ1) is 18.1. The van der Waals surface area contributed by atoms with Crippen molar-refractivity contribution in [2.24, 2.45) is 40.3 Å². The molecule has 0 aromatic rings. The number of fused-ring (bicyclic) bond motifs is 5. The maximum absolute atomic E-state index is 11.5. The first-order valence-corrected chi connectivity index (χ1v) is 10.1. The Kier molecular flexibility index (Phi) is 4.07. The molecule has 0 amide bonds. The predicted molar refractivity (Wildman–Crippen MR) is 104 cm³/mol. The molecular weight excluding hydrogens is 324 g/mol. The fraction of sp³-hybridized carbons (Fsp3) is 0.714. The molecule has 0 radical (unpaired) electrons. The number of hydrazine groups is 2. The first-order chi connectivity index (χ1) is 12.3. The second-order valence-corrected chi connectivity index (χ2v) is 9.49. The Hall–Kier alpha value is -1.30. The van der Waals surface area contributed by atoms with E-state index < -0.39 is 5.60 Å². The van der Waals surface area contributed by atoms with Gasteiger partial charge in [0.05, 0.1) is 5.70 Å². The highest BCUT2D eigenvalue weighted by atomic mass is 16.3. The monoisotopic (exact) mass is 358 g/mol. The number of hydrogen-bond donors (Lipinski definition) is 5. The van der Waals surface area contributed by atoms with Crippen molar-refractivity contribution in [2.75, 3.05) is 0 Å². The zero-order chi connectivity index (χ0) is 18.7. The van der Waals surface area contributed by atoms with Gasteiger partial charge in [0.15, 0.2) is 0 Å². The van der Waals surface area contributed by atoms with Gasteiger partial charge in [0.1, 0.15) is 5.60 Å². The average molecular weight is 359 g/mol. The van der Waals surface area contributed by atoms with Crippen LogP contribution in [-0.4, -0.2) is 10.7 Å². The number of rotatable bonds is 3. The molecule has 26 heavy (non-hydrogen) atoms. The van der Waals surface area contributed by atoms with Gasteiger partial charge in [-0.05, 0) is 74.2 Å². The van der Waals surface area contributed by atoms with Crippen molar-refractivity contribution in [1.82, 2.24) is 10.9 Å². The normalized spacial score (nSPS) is 47.0. The van der Waals surface area contributed by atoms with E-state index in [1.165, 1.54) is 6.42 Å². The van der Waals surface area contributed by atoms with Crippen molar-refractivity contribution in [3.05, 3.63) is 35.7 Å². The number of nitrogens with two attached hydrogens (primary N) is 2. The largest absolute Gasteiger partial charge is 0.383 e. The van der Waals surface area contributed by atoms with E-state index >= 15 is 0 Å². The molecular formula is C21H34N4O. The molecule has 5 nitrogen and oxygen atoms in total. The van der Waals surface area contributed by atoms with E-state index in [9.17, 15) is 5.11 Å². The quantitative estimate of drug-likeness (QED) is 0.395. The highest BCUT2D eigenvalue weighted by molar-refractivity contribution is 5.35. The molecule has 0 aromatic heterocycles. The van der Waals surface area contributed by atoms with E-state index in [0.717, 1.165) is 44.2 Å². The van der Waals surface area contributed by atoms with Crippen LogP contribution in [0.2, 0.25) is 0 Å². The summed E-state index contributed by atoms with van der Waals surface area (Å²) in [7, 11) is 0. The number of hydrogen-bond acceptors (Lipinski definition) is 5. The van der Waals surface area contributed by atoms with Gasteiger partial charge in [-0.1, -0.05) is 32.1 Å². The summed E-state index contributed by atoms with van der Waals surface area (Å²) in [6.07, 6.45) is 12.0. The maximum atomic E-state index is 11.5. The minimum absolute atomic E-state index is 0.135. The Morgan fingerprint density at radius 2 is 1.92 bits per heavy atom. The zero-order valence-corrected chi connectivity index (χ0v) is 16.1. The van der Waals surface area contributed by atoms with E-state index in [1.54, 1.807) is 5.57 Å². The van der Waals surface area contributed by atoms with Crippen LogP contribution in [0.15, 0.2) is 35.7 Å². The number of allylic oxidation sites excluding steroid dienone is 3. The minimum Gasteiger partial charge on any atom is -0.383 e. The lowest BCUT2D eigenvalue weighted by molar-refractivity contribution is -0.109. The lowest BCUT2D eigenvalue weighted by atomic mass is 9.46. The van der Waals surface area contributed by atoms with Gasteiger partial charge in [-0.25, -0.2) is 0 Å². The molecule has 3 saturated carbocycles. The molecule has 0 heterocycles. The van der Waals surface area contributed by atoms with Gasteiger partial charge in [-0.2, -0.15) is 0 Å². The molecule has 6 atom stereocenters. The summed E-state index contributed by atoms with van der Waals surface area (Å²) in [5.74, 6) is 13.2. The lowest BCUT2D eigenvalue weighted by Crippen LogP contribution is -2.56. The molecule has 0 unspecified atom stereocenters. The third kappa shape index (κ3) is 2.14. The Morgan fingerprint density at radius 3 is 2.62 bits per heavy atom. The molecule has 4 aliphatic carbocycles.